The van der Waals surface area contributed by atoms with Crippen LogP contribution >= 0.6 is 11.8 Å². The Kier molecular flexibility index (Phi) is 9.01. The average molecular weight is 389 g/mol. The molecule has 3 rings (SSSR count). The normalized spacial score (nSPS) is 18.9. The van der Waals surface area contributed by atoms with Gasteiger partial charge < -0.3 is 14.6 Å². The zero-order chi connectivity index (χ0) is 19.6. The summed E-state index contributed by atoms with van der Waals surface area (Å²) in [6.45, 7) is 5.44. The maximum Gasteiger partial charge on any atom is 0.173 e. The van der Waals surface area contributed by atoms with Gasteiger partial charge >= 0.3 is 0 Å². The lowest BCUT2D eigenvalue weighted by Crippen LogP contribution is -2.11. The van der Waals surface area contributed by atoms with Crippen LogP contribution in [0.3, 0.4) is 0 Å². The molecule has 1 heterocycles. The van der Waals surface area contributed by atoms with Gasteiger partial charge in [0.25, 0.3) is 0 Å². The maximum absolute atomic E-state index is 11.5. The van der Waals surface area contributed by atoms with Crippen molar-refractivity contribution in [3.05, 3.63) is 70.8 Å². The van der Waals surface area contributed by atoms with Gasteiger partial charge in [-0.15, -0.1) is 11.8 Å². The molecule has 1 aliphatic rings. The number of aliphatic hydroxyl groups excluding tert-OH is 1. The van der Waals surface area contributed by atoms with Crippen molar-refractivity contribution in [3.8, 4) is 0 Å². The Morgan fingerprint density at radius 3 is 2.04 bits per heavy atom. The van der Waals surface area contributed by atoms with Crippen LogP contribution < -0.4 is 0 Å². The molecule has 0 bridgehead atoms. The van der Waals surface area contributed by atoms with E-state index >= 15 is 0 Å². The third-order valence-corrected chi connectivity index (χ3v) is 5.61. The molecular weight excluding hydrogens is 360 g/mol. The molecule has 2 aromatic carbocycles. The summed E-state index contributed by atoms with van der Waals surface area (Å²) in [6.07, 6.45) is 0.553. The third-order valence-electron chi connectivity index (χ3n) is 4.22. The Bertz CT molecular complexity index is 697. The molecule has 0 aliphatic carbocycles. The van der Waals surface area contributed by atoms with E-state index in [9.17, 15) is 4.79 Å². The molecule has 0 saturated carbocycles. The summed E-state index contributed by atoms with van der Waals surface area (Å²) >= 11 is 1.56. The number of rotatable bonds is 6. The summed E-state index contributed by atoms with van der Waals surface area (Å²) in [5, 5.41) is 8.86. The van der Waals surface area contributed by atoms with E-state index in [1.165, 1.54) is 16.7 Å². The minimum Gasteiger partial charge on any atom is -0.392 e. The van der Waals surface area contributed by atoms with E-state index in [4.69, 9.17) is 14.6 Å². The summed E-state index contributed by atoms with van der Waals surface area (Å²) in [5.74, 6) is 0.173. The molecule has 0 radical (unpaired) electrons. The standard InChI is InChI=1S/C14H18O3S.C8H10O/c1-10-3-5-11(6-4-10)8-17-9-12-7-13(15)14(16-2)18-12;1-7-2-4-8(6-9)5-3-7/h3-6,12,14H,7-9H2,1-2H3;2-5,9H,6H2,1H3/t12-,14?;/m0./s1. The van der Waals surface area contributed by atoms with Gasteiger partial charge in [-0.05, 0) is 25.0 Å². The third kappa shape index (κ3) is 7.46. The lowest BCUT2D eigenvalue weighted by atomic mass is 10.2. The van der Waals surface area contributed by atoms with Gasteiger partial charge in [-0.25, -0.2) is 0 Å². The lowest BCUT2D eigenvalue weighted by Gasteiger charge is -2.10. The first-order valence-electron chi connectivity index (χ1n) is 9.02. The molecule has 4 nitrogen and oxygen atoms in total. The van der Waals surface area contributed by atoms with Gasteiger partial charge in [-0.1, -0.05) is 59.7 Å². The van der Waals surface area contributed by atoms with Crippen LogP contribution in [0.2, 0.25) is 0 Å². The molecule has 0 spiro atoms. The number of methoxy groups -OCH3 is 1. The van der Waals surface area contributed by atoms with Gasteiger partial charge in [-0.2, -0.15) is 0 Å². The number of ketones is 1. The smallest absolute Gasteiger partial charge is 0.173 e. The molecule has 1 unspecified atom stereocenters. The van der Waals surface area contributed by atoms with E-state index in [1.54, 1.807) is 18.9 Å². The second-order valence-electron chi connectivity index (χ2n) is 6.64. The minimum absolute atomic E-state index is 0.139. The zero-order valence-corrected chi connectivity index (χ0v) is 17.0. The van der Waals surface area contributed by atoms with E-state index in [2.05, 4.69) is 31.2 Å². The second-order valence-corrected chi connectivity index (χ2v) is 8.01. The van der Waals surface area contributed by atoms with Crippen molar-refractivity contribution in [2.75, 3.05) is 13.7 Å². The second kappa shape index (κ2) is 11.2. The van der Waals surface area contributed by atoms with Crippen molar-refractivity contribution in [2.24, 2.45) is 0 Å². The van der Waals surface area contributed by atoms with E-state index in [1.807, 2.05) is 31.2 Å². The van der Waals surface area contributed by atoms with Crippen molar-refractivity contribution >= 4 is 17.5 Å². The van der Waals surface area contributed by atoms with Crippen LogP contribution in [-0.2, 0) is 27.5 Å². The van der Waals surface area contributed by atoms with Crippen molar-refractivity contribution in [1.29, 1.82) is 0 Å². The summed E-state index contributed by atoms with van der Waals surface area (Å²) in [6, 6.07) is 16.1. The highest BCUT2D eigenvalue weighted by Gasteiger charge is 2.33. The fourth-order valence-corrected chi connectivity index (χ4v) is 3.73. The van der Waals surface area contributed by atoms with Crippen LogP contribution in [0.5, 0.6) is 0 Å². The number of carbonyl (C=O) groups is 1. The molecule has 2 aromatic rings. The fourth-order valence-electron chi connectivity index (χ4n) is 2.59. The summed E-state index contributed by atoms with van der Waals surface area (Å²) in [5.41, 5.74) is 4.32. The van der Waals surface area contributed by atoms with E-state index in [-0.39, 0.29) is 23.1 Å². The molecule has 1 fully saturated rings. The van der Waals surface area contributed by atoms with E-state index in [0.29, 0.717) is 19.6 Å². The molecular formula is C22H28O4S. The monoisotopic (exact) mass is 388 g/mol. The minimum atomic E-state index is -0.294. The SMILES string of the molecule is COC1S[C@H](COCc2ccc(C)cc2)CC1=O.Cc1ccc(CO)cc1. The quantitative estimate of drug-likeness (QED) is 0.809. The first-order valence-corrected chi connectivity index (χ1v) is 9.96. The van der Waals surface area contributed by atoms with Crippen LogP contribution in [-0.4, -0.2) is 35.3 Å². The first kappa shape index (κ1) is 21.6. The van der Waals surface area contributed by atoms with E-state index < -0.39 is 0 Å². The van der Waals surface area contributed by atoms with Crippen LogP contribution in [0, 0.1) is 13.8 Å². The van der Waals surface area contributed by atoms with Crippen LogP contribution in [0.15, 0.2) is 48.5 Å². The number of aliphatic hydroxyl groups is 1. The van der Waals surface area contributed by atoms with Gasteiger partial charge in [0.2, 0.25) is 0 Å². The van der Waals surface area contributed by atoms with Crippen molar-refractivity contribution in [1.82, 2.24) is 0 Å². The number of hydrogen-bond donors (Lipinski definition) is 1. The Morgan fingerprint density at radius 1 is 1.00 bits per heavy atom. The highest BCUT2D eigenvalue weighted by atomic mass is 32.2. The first-order chi connectivity index (χ1) is 13.0. The average Bonchev–Trinajstić information content (AvgIpc) is 3.04. The number of Topliss-reactive ketones (excluding diaryl/α,β-unsaturated/α-hetero) is 1. The Hall–Kier alpha value is -1.66. The maximum atomic E-state index is 11.5. The highest BCUT2D eigenvalue weighted by molar-refractivity contribution is 8.01. The van der Waals surface area contributed by atoms with Crippen molar-refractivity contribution in [3.63, 3.8) is 0 Å². The summed E-state index contributed by atoms with van der Waals surface area (Å²) in [4.78, 5) is 11.5. The number of thioether (sulfide) groups is 1. The Labute approximate surface area is 165 Å². The largest absolute Gasteiger partial charge is 0.392 e. The predicted octanol–water partition coefficient (Wildman–Crippen LogP) is 4.05. The number of hydrogen-bond acceptors (Lipinski definition) is 5. The molecule has 0 amide bonds. The summed E-state index contributed by atoms with van der Waals surface area (Å²) in [7, 11) is 1.57. The van der Waals surface area contributed by atoms with Gasteiger partial charge in [-0.3, -0.25) is 4.79 Å². The number of ether oxygens (including phenoxy) is 2. The van der Waals surface area contributed by atoms with Crippen LogP contribution in [0.1, 0.15) is 28.7 Å². The molecule has 1 aliphatic heterocycles. The number of aryl methyl sites for hydroxylation is 2. The molecule has 1 saturated heterocycles. The molecule has 1 N–H and O–H groups in total. The highest BCUT2D eigenvalue weighted by Crippen LogP contribution is 2.31. The zero-order valence-electron chi connectivity index (χ0n) is 16.2. The number of carbonyl (C=O) groups excluding carboxylic acids is 1. The predicted molar refractivity (Wildman–Crippen MR) is 110 cm³/mol. The lowest BCUT2D eigenvalue weighted by molar-refractivity contribution is -0.123. The summed E-state index contributed by atoms with van der Waals surface area (Å²) < 4.78 is 10.7. The number of benzene rings is 2. The van der Waals surface area contributed by atoms with Crippen molar-refractivity contribution in [2.45, 2.75) is 44.2 Å². The fraction of sp³-hybridized carbons (Fsp3) is 0.409. The Morgan fingerprint density at radius 2 is 1.56 bits per heavy atom. The molecule has 27 heavy (non-hydrogen) atoms. The van der Waals surface area contributed by atoms with Crippen LogP contribution in [0.25, 0.3) is 0 Å². The van der Waals surface area contributed by atoms with Gasteiger partial charge in [0.05, 0.1) is 19.8 Å². The molecule has 146 valence electrons. The molecule has 5 heteroatoms. The molecule has 0 aromatic heterocycles. The Balaban J connectivity index is 0.000000244. The van der Waals surface area contributed by atoms with Gasteiger partial charge in [0.1, 0.15) is 0 Å². The van der Waals surface area contributed by atoms with Gasteiger partial charge in [0.15, 0.2) is 11.2 Å². The van der Waals surface area contributed by atoms with Crippen molar-refractivity contribution < 1.29 is 19.4 Å². The van der Waals surface area contributed by atoms with E-state index in [0.717, 1.165) is 5.56 Å². The van der Waals surface area contributed by atoms with Gasteiger partial charge in [0, 0.05) is 18.8 Å². The van der Waals surface area contributed by atoms with Crippen LogP contribution in [0.4, 0.5) is 0 Å². The molecule has 2 atom stereocenters. The topological polar surface area (TPSA) is 55.8 Å².